The summed E-state index contributed by atoms with van der Waals surface area (Å²) in [6.07, 6.45) is 9.60. The maximum Gasteiger partial charge on any atom is 0.0480 e. The lowest BCUT2D eigenvalue weighted by atomic mass is 9.92. The summed E-state index contributed by atoms with van der Waals surface area (Å²) in [5.74, 6) is 0. The Balaban J connectivity index is 1.66. The van der Waals surface area contributed by atoms with Gasteiger partial charge in [0.15, 0.2) is 0 Å². The van der Waals surface area contributed by atoms with Crippen molar-refractivity contribution in [2.45, 2.75) is 75.0 Å². The molecule has 1 unspecified atom stereocenters. The van der Waals surface area contributed by atoms with Gasteiger partial charge >= 0.3 is 0 Å². The van der Waals surface area contributed by atoms with Gasteiger partial charge in [0.2, 0.25) is 0 Å². The molecule has 3 rings (SSSR count). The molecule has 20 heavy (non-hydrogen) atoms. The van der Waals surface area contributed by atoms with Crippen molar-refractivity contribution < 1.29 is 0 Å². The number of para-hydroxylation sites is 1. The van der Waals surface area contributed by atoms with Gasteiger partial charge in [-0.2, -0.15) is 0 Å². The summed E-state index contributed by atoms with van der Waals surface area (Å²) in [4.78, 5) is 1.46. The average Bonchev–Trinajstić information content (AvgIpc) is 3.02. The maximum atomic E-state index is 3.82. The molecule has 0 saturated heterocycles. The second-order valence-electron chi connectivity index (χ2n) is 7.27. The fraction of sp³-hybridized carbons (Fsp3) is 0.667. The van der Waals surface area contributed by atoms with Gasteiger partial charge in [-0.3, -0.25) is 0 Å². The molecular weight excluding hydrogens is 262 g/mol. The Morgan fingerprint density at radius 2 is 1.85 bits per heavy atom. The molecule has 1 N–H and O–H groups in total. The molecule has 2 aliphatic carbocycles. The fourth-order valence-corrected chi connectivity index (χ4v) is 4.99. The summed E-state index contributed by atoms with van der Waals surface area (Å²) in [7, 11) is 0. The molecule has 0 radical (unpaired) electrons. The zero-order valence-corrected chi connectivity index (χ0v) is 13.6. The Labute approximate surface area is 127 Å². The van der Waals surface area contributed by atoms with Gasteiger partial charge in [0.1, 0.15) is 0 Å². The maximum absolute atomic E-state index is 3.82. The minimum absolute atomic E-state index is 0.519. The Morgan fingerprint density at radius 3 is 2.55 bits per heavy atom. The van der Waals surface area contributed by atoms with E-state index in [4.69, 9.17) is 0 Å². The van der Waals surface area contributed by atoms with Gasteiger partial charge in [-0.1, -0.05) is 38.8 Å². The SMILES string of the molecule is CC1(C)CCC(Nc2ccccc2SC2CCCC2)C1. The number of benzene rings is 1. The van der Waals surface area contributed by atoms with Crippen molar-refractivity contribution in [3.8, 4) is 0 Å². The fourth-order valence-electron chi connectivity index (χ4n) is 3.65. The number of hydrogen-bond acceptors (Lipinski definition) is 2. The molecule has 2 fully saturated rings. The predicted molar refractivity (Wildman–Crippen MR) is 89.6 cm³/mol. The van der Waals surface area contributed by atoms with Gasteiger partial charge in [-0.05, 0) is 49.7 Å². The summed E-state index contributed by atoms with van der Waals surface area (Å²) < 4.78 is 0. The largest absolute Gasteiger partial charge is 0.381 e. The van der Waals surface area contributed by atoms with Crippen molar-refractivity contribution in [3.63, 3.8) is 0 Å². The van der Waals surface area contributed by atoms with Crippen LogP contribution in [0.15, 0.2) is 29.2 Å². The van der Waals surface area contributed by atoms with Crippen LogP contribution in [0.5, 0.6) is 0 Å². The molecule has 2 saturated carbocycles. The van der Waals surface area contributed by atoms with E-state index in [0.29, 0.717) is 11.5 Å². The molecule has 0 heterocycles. The second kappa shape index (κ2) is 6.01. The normalized spacial score (nSPS) is 26.0. The molecule has 0 amide bonds. The van der Waals surface area contributed by atoms with Crippen molar-refractivity contribution in [2.75, 3.05) is 5.32 Å². The van der Waals surface area contributed by atoms with Gasteiger partial charge in [0, 0.05) is 21.9 Å². The molecule has 0 spiro atoms. The van der Waals surface area contributed by atoms with E-state index in [1.165, 1.54) is 55.5 Å². The number of nitrogens with one attached hydrogen (secondary N) is 1. The van der Waals surface area contributed by atoms with Crippen molar-refractivity contribution in [1.29, 1.82) is 0 Å². The molecule has 1 nitrogen and oxygen atoms in total. The Bertz CT molecular complexity index is 448. The number of rotatable bonds is 4. The molecule has 1 aromatic rings. The van der Waals surface area contributed by atoms with E-state index in [2.05, 4.69) is 55.2 Å². The quantitative estimate of drug-likeness (QED) is 0.761. The van der Waals surface area contributed by atoms with Gasteiger partial charge in [-0.25, -0.2) is 0 Å². The lowest BCUT2D eigenvalue weighted by molar-refractivity contribution is 0.378. The van der Waals surface area contributed by atoms with Gasteiger partial charge in [0.25, 0.3) is 0 Å². The van der Waals surface area contributed by atoms with Crippen LogP contribution in [0.1, 0.15) is 58.8 Å². The van der Waals surface area contributed by atoms with E-state index in [9.17, 15) is 0 Å². The lowest BCUT2D eigenvalue weighted by Crippen LogP contribution is -2.18. The second-order valence-corrected chi connectivity index (χ2v) is 8.61. The zero-order chi connectivity index (χ0) is 14.0. The van der Waals surface area contributed by atoms with Crippen molar-refractivity contribution in [1.82, 2.24) is 0 Å². The van der Waals surface area contributed by atoms with E-state index < -0.39 is 0 Å². The molecule has 1 atom stereocenters. The molecule has 1 aromatic carbocycles. The van der Waals surface area contributed by atoms with Crippen LogP contribution in [0, 0.1) is 5.41 Å². The highest BCUT2D eigenvalue weighted by molar-refractivity contribution is 8.00. The third-order valence-electron chi connectivity index (χ3n) is 4.81. The minimum Gasteiger partial charge on any atom is -0.381 e. The molecule has 2 aliphatic rings. The average molecular weight is 289 g/mol. The van der Waals surface area contributed by atoms with Crippen LogP contribution in [0.3, 0.4) is 0 Å². The Kier molecular flexibility index (Phi) is 4.30. The lowest BCUT2D eigenvalue weighted by Gasteiger charge is -2.21. The van der Waals surface area contributed by atoms with E-state index >= 15 is 0 Å². The number of hydrogen-bond donors (Lipinski definition) is 1. The van der Waals surface area contributed by atoms with E-state index in [1.807, 2.05) is 0 Å². The minimum atomic E-state index is 0.519. The molecule has 110 valence electrons. The van der Waals surface area contributed by atoms with E-state index in [0.717, 1.165) is 5.25 Å². The summed E-state index contributed by atoms with van der Waals surface area (Å²) in [5.41, 5.74) is 1.89. The molecule has 2 heteroatoms. The smallest absolute Gasteiger partial charge is 0.0480 e. The first kappa shape index (κ1) is 14.3. The highest BCUT2D eigenvalue weighted by atomic mass is 32.2. The summed E-state index contributed by atoms with van der Waals surface area (Å²) >= 11 is 2.10. The molecule has 0 bridgehead atoms. The van der Waals surface area contributed by atoms with Gasteiger partial charge in [-0.15, -0.1) is 11.8 Å². The highest BCUT2D eigenvalue weighted by Crippen LogP contribution is 2.41. The van der Waals surface area contributed by atoms with Crippen LogP contribution in [-0.2, 0) is 0 Å². The van der Waals surface area contributed by atoms with Crippen LogP contribution < -0.4 is 5.32 Å². The standard InChI is InChI=1S/C18H27NS/c1-18(2)12-11-14(13-18)19-16-9-5-6-10-17(16)20-15-7-3-4-8-15/h5-6,9-10,14-15,19H,3-4,7-8,11-13H2,1-2H3. The highest BCUT2D eigenvalue weighted by Gasteiger charge is 2.31. The molecule has 0 aliphatic heterocycles. The first-order valence-corrected chi connectivity index (χ1v) is 9.03. The molecular formula is C18H27NS. The van der Waals surface area contributed by atoms with Crippen molar-refractivity contribution >= 4 is 17.4 Å². The summed E-state index contributed by atoms with van der Waals surface area (Å²) in [6, 6.07) is 9.58. The summed E-state index contributed by atoms with van der Waals surface area (Å²) in [6.45, 7) is 4.79. The topological polar surface area (TPSA) is 12.0 Å². The van der Waals surface area contributed by atoms with Crippen LogP contribution >= 0.6 is 11.8 Å². The van der Waals surface area contributed by atoms with Crippen LogP contribution in [0.4, 0.5) is 5.69 Å². The third kappa shape index (κ3) is 3.52. The van der Waals surface area contributed by atoms with Gasteiger partial charge < -0.3 is 5.32 Å². The summed E-state index contributed by atoms with van der Waals surface area (Å²) in [5, 5.41) is 4.66. The Morgan fingerprint density at radius 1 is 1.10 bits per heavy atom. The monoisotopic (exact) mass is 289 g/mol. The molecule has 0 aromatic heterocycles. The number of thioether (sulfide) groups is 1. The van der Waals surface area contributed by atoms with Crippen molar-refractivity contribution in [3.05, 3.63) is 24.3 Å². The first-order chi connectivity index (χ1) is 9.62. The van der Waals surface area contributed by atoms with Crippen LogP contribution in [0.25, 0.3) is 0 Å². The van der Waals surface area contributed by atoms with Crippen LogP contribution in [-0.4, -0.2) is 11.3 Å². The van der Waals surface area contributed by atoms with Crippen molar-refractivity contribution in [2.24, 2.45) is 5.41 Å². The zero-order valence-electron chi connectivity index (χ0n) is 12.8. The third-order valence-corrected chi connectivity index (χ3v) is 6.23. The van der Waals surface area contributed by atoms with E-state index in [1.54, 1.807) is 0 Å². The van der Waals surface area contributed by atoms with E-state index in [-0.39, 0.29) is 0 Å². The number of anilines is 1. The Hall–Kier alpha value is -0.630. The predicted octanol–water partition coefficient (Wildman–Crippen LogP) is 5.71. The van der Waals surface area contributed by atoms with Gasteiger partial charge in [0.05, 0.1) is 0 Å². The van der Waals surface area contributed by atoms with Crippen LogP contribution in [0.2, 0.25) is 0 Å². The first-order valence-electron chi connectivity index (χ1n) is 8.15.